The summed E-state index contributed by atoms with van der Waals surface area (Å²) in [6.45, 7) is 4.93. The molecule has 0 aromatic heterocycles. The van der Waals surface area contributed by atoms with Crippen LogP contribution in [0.2, 0.25) is 0 Å². The Bertz CT molecular complexity index is 602. The Morgan fingerprint density at radius 3 is 2.23 bits per heavy atom. The summed E-state index contributed by atoms with van der Waals surface area (Å²) in [5.74, 6) is 1.36. The smallest absolute Gasteiger partial charge is 0.343 e. The van der Waals surface area contributed by atoms with Gasteiger partial charge < -0.3 is 14.6 Å². The topological polar surface area (TPSA) is 55.8 Å². The number of benzene rings is 2. The number of rotatable bonds is 6. The predicted octanol–water partition coefficient (Wildman–Crippen LogP) is 4.04. The third-order valence-corrected chi connectivity index (χ3v) is 3.37. The fraction of sp³-hybridized carbons (Fsp3) is 0.278. The molecule has 2 aromatic rings. The summed E-state index contributed by atoms with van der Waals surface area (Å²) >= 11 is 0. The van der Waals surface area contributed by atoms with E-state index in [1.54, 1.807) is 24.3 Å². The molecule has 0 fully saturated rings. The number of phenols is 1. The lowest BCUT2D eigenvalue weighted by Crippen LogP contribution is -2.09. The molecule has 4 heteroatoms. The maximum absolute atomic E-state index is 11.9. The molecule has 0 spiro atoms. The van der Waals surface area contributed by atoms with Crippen molar-refractivity contribution < 1.29 is 19.4 Å². The van der Waals surface area contributed by atoms with Crippen LogP contribution in [0.3, 0.4) is 0 Å². The minimum absolute atomic E-state index is 0.111. The first-order chi connectivity index (χ1) is 10.6. The number of esters is 1. The molecule has 1 atom stereocenters. The first kappa shape index (κ1) is 15.9. The summed E-state index contributed by atoms with van der Waals surface area (Å²) in [7, 11) is 0. The van der Waals surface area contributed by atoms with E-state index in [9.17, 15) is 9.90 Å². The fourth-order valence-corrected chi connectivity index (χ4v) is 1.72. The van der Waals surface area contributed by atoms with Gasteiger partial charge in [-0.1, -0.05) is 20.3 Å². The van der Waals surface area contributed by atoms with E-state index in [1.807, 2.05) is 0 Å². The number of carbonyl (C=O) groups excluding carboxylic acids is 1. The Labute approximate surface area is 130 Å². The SMILES string of the molecule is CC[C@H](C)COc1ccc(OC(=O)c2ccc(O)cc2)cc1. The van der Waals surface area contributed by atoms with E-state index in [4.69, 9.17) is 9.47 Å². The zero-order chi connectivity index (χ0) is 15.9. The summed E-state index contributed by atoms with van der Waals surface area (Å²) in [5.41, 5.74) is 0.384. The Hall–Kier alpha value is -2.49. The highest BCUT2D eigenvalue weighted by atomic mass is 16.5. The maximum Gasteiger partial charge on any atom is 0.343 e. The molecule has 0 saturated heterocycles. The second-order valence-corrected chi connectivity index (χ2v) is 5.23. The first-order valence-corrected chi connectivity index (χ1v) is 7.32. The lowest BCUT2D eigenvalue weighted by atomic mass is 10.1. The summed E-state index contributed by atoms with van der Waals surface area (Å²) in [6.07, 6.45) is 1.07. The molecule has 0 aliphatic carbocycles. The molecule has 0 saturated carbocycles. The summed E-state index contributed by atoms with van der Waals surface area (Å²) in [5, 5.41) is 9.20. The molecule has 0 unspecified atom stereocenters. The van der Waals surface area contributed by atoms with Gasteiger partial charge in [0, 0.05) is 0 Å². The molecule has 0 radical (unpaired) electrons. The van der Waals surface area contributed by atoms with Gasteiger partial charge in [-0.3, -0.25) is 0 Å². The number of phenolic OH excluding ortho intramolecular Hbond substituents is 1. The molecule has 0 bridgehead atoms. The molecule has 0 amide bonds. The van der Waals surface area contributed by atoms with Crippen LogP contribution in [-0.2, 0) is 0 Å². The summed E-state index contributed by atoms with van der Waals surface area (Å²) < 4.78 is 10.9. The molecular formula is C18H20O4. The Morgan fingerprint density at radius 2 is 1.64 bits per heavy atom. The van der Waals surface area contributed by atoms with Gasteiger partial charge >= 0.3 is 5.97 Å². The van der Waals surface area contributed by atoms with Crippen LogP contribution in [0.15, 0.2) is 48.5 Å². The van der Waals surface area contributed by atoms with Crippen LogP contribution in [-0.4, -0.2) is 17.7 Å². The Balaban J connectivity index is 1.93. The summed E-state index contributed by atoms with van der Waals surface area (Å²) in [4.78, 5) is 11.9. The van der Waals surface area contributed by atoms with Crippen molar-refractivity contribution >= 4 is 5.97 Å². The number of hydrogen-bond acceptors (Lipinski definition) is 4. The minimum Gasteiger partial charge on any atom is -0.508 e. The molecule has 22 heavy (non-hydrogen) atoms. The number of ether oxygens (including phenoxy) is 2. The normalized spacial score (nSPS) is 11.7. The first-order valence-electron chi connectivity index (χ1n) is 7.32. The van der Waals surface area contributed by atoms with Crippen molar-refractivity contribution in [1.29, 1.82) is 0 Å². The van der Waals surface area contributed by atoms with Crippen LogP contribution in [0.4, 0.5) is 0 Å². The number of aromatic hydroxyl groups is 1. The van der Waals surface area contributed by atoms with Gasteiger partial charge in [0.15, 0.2) is 0 Å². The highest BCUT2D eigenvalue weighted by molar-refractivity contribution is 5.91. The zero-order valence-electron chi connectivity index (χ0n) is 12.8. The van der Waals surface area contributed by atoms with Crippen molar-refractivity contribution in [3.8, 4) is 17.2 Å². The highest BCUT2D eigenvalue weighted by Gasteiger charge is 2.08. The molecule has 4 nitrogen and oxygen atoms in total. The van der Waals surface area contributed by atoms with Gasteiger partial charge in [0.2, 0.25) is 0 Å². The van der Waals surface area contributed by atoms with E-state index in [0.717, 1.165) is 12.2 Å². The molecule has 116 valence electrons. The van der Waals surface area contributed by atoms with Crippen molar-refractivity contribution in [3.05, 3.63) is 54.1 Å². The van der Waals surface area contributed by atoms with E-state index in [0.29, 0.717) is 23.8 Å². The quantitative estimate of drug-likeness (QED) is 0.646. The van der Waals surface area contributed by atoms with E-state index in [2.05, 4.69) is 13.8 Å². The van der Waals surface area contributed by atoms with Crippen LogP contribution >= 0.6 is 0 Å². The van der Waals surface area contributed by atoms with Crippen LogP contribution in [0.1, 0.15) is 30.6 Å². The lowest BCUT2D eigenvalue weighted by Gasteiger charge is -2.11. The average Bonchev–Trinajstić information content (AvgIpc) is 2.54. The largest absolute Gasteiger partial charge is 0.508 e. The lowest BCUT2D eigenvalue weighted by molar-refractivity contribution is 0.0734. The molecule has 2 aromatic carbocycles. The van der Waals surface area contributed by atoms with Crippen molar-refractivity contribution in [2.45, 2.75) is 20.3 Å². The monoisotopic (exact) mass is 300 g/mol. The van der Waals surface area contributed by atoms with Crippen molar-refractivity contribution in [2.24, 2.45) is 5.92 Å². The van der Waals surface area contributed by atoms with Gasteiger partial charge in [-0.2, -0.15) is 0 Å². The predicted molar refractivity (Wildman–Crippen MR) is 84.5 cm³/mol. The molecule has 1 N–H and O–H groups in total. The number of hydrogen-bond donors (Lipinski definition) is 1. The average molecular weight is 300 g/mol. The molecule has 0 aliphatic rings. The molecule has 2 rings (SSSR count). The molecule has 0 heterocycles. The van der Waals surface area contributed by atoms with Gasteiger partial charge in [-0.25, -0.2) is 4.79 Å². The minimum atomic E-state index is -0.465. The highest BCUT2D eigenvalue weighted by Crippen LogP contribution is 2.20. The molecule has 0 aliphatic heterocycles. The van der Waals surface area contributed by atoms with Crippen molar-refractivity contribution in [1.82, 2.24) is 0 Å². The van der Waals surface area contributed by atoms with E-state index in [-0.39, 0.29) is 5.75 Å². The second-order valence-electron chi connectivity index (χ2n) is 5.23. The Morgan fingerprint density at radius 1 is 1.05 bits per heavy atom. The van der Waals surface area contributed by atoms with Crippen LogP contribution in [0, 0.1) is 5.92 Å². The summed E-state index contributed by atoms with van der Waals surface area (Å²) in [6, 6.07) is 12.9. The van der Waals surface area contributed by atoms with Gasteiger partial charge in [0.1, 0.15) is 17.2 Å². The molecular weight excluding hydrogens is 280 g/mol. The third kappa shape index (κ3) is 4.52. The van der Waals surface area contributed by atoms with Crippen molar-refractivity contribution in [3.63, 3.8) is 0 Å². The van der Waals surface area contributed by atoms with Crippen LogP contribution in [0.5, 0.6) is 17.2 Å². The maximum atomic E-state index is 11.9. The van der Waals surface area contributed by atoms with Crippen LogP contribution < -0.4 is 9.47 Å². The van der Waals surface area contributed by atoms with Crippen molar-refractivity contribution in [2.75, 3.05) is 6.61 Å². The van der Waals surface area contributed by atoms with E-state index < -0.39 is 5.97 Å². The Kier molecular flexibility index (Phi) is 5.42. The van der Waals surface area contributed by atoms with E-state index in [1.165, 1.54) is 24.3 Å². The van der Waals surface area contributed by atoms with Gasteiger partial charge in [-0.05, 0) is 54.4 Å². The zero-order valence-corrected chi connectivity index (χ0v) is 12.8. The van der Waals surface area contributed by atoms with Gasteiger partial charge in [0.25, 0.3) is 0 Å². The number of carbonyl (C=O) groups is 1. The van der Waals surface area contributed by atoms with Crippen LogP contribution in [0.25, 0.3) is 0 Å². The van der Waals surface area contributed by atoms with Gasteiger partial charge in [0.05, 0.1) is 12.2 Å². The fourth-order valence-electron chi connectivity index (χ4n) is 1.72. The second kappa shape index (κ2) is 7.50. The standard InChI is InChI=1S/C18H20O4/c1-3-13(2)12-21-16-8-10-17(11-9-16)22-18(20)14-4-6-15(19)7-5-14/h4-11,13,19H,3,12H2,1-2H3/t13-/m0/s1. The van der Waals surface area contributed by atoms with Gasteiger partial charge in [-0.15, -0.1) is 0 Å². The van der Waals surface area contributed by atoms with E-state index >= 15 is 0 Å². The third-order valence-electron chi connectivity index (χ3n) is 3.37.